The Bertz CT molecular complexity index is 842. The van der Waals surface area contributed by atoms with Crippen LogP contribution in [0.2, 0.25) is 0 Å². The van der Waals surface area contributed by atoms with Crippen LogP contribution in [0.25, 0.3) is 10.9 Å². The molecule has 0 atom stereocenters. The fourth-order valence-corrected chi connectivity index (χ4v) is 3.41. The topological polar surface area (TPSA) is 59.3 Å². The molecule has 1 aliphatic rings. The van der Waals surface area contributed by atoms with Crippen molar-refractivity contribution in [2.45, 2.75) is 13.1 Å². The number of pyridine rings is 1. The molecule has 0 unspecified atom stereocenters. The molecule has 1 saturated heterocycles. The molecule has 1 aromatic carbocycles. The monoisotopic (exact) mass is 352 g/mol. The maximum Gasteiger partial charge on any atom is 0.145 e. The summed E-state index contributed by atoms with van der Waals surface area (Å²) in [4.78, 5) is 13.8. The predicted molar refractivity (Wildman–Crippen MR) is 100 cm³/mol. The highest BCUT2D eigenvalue weighted by molar-refractivity contribution is 5.84. The molecule has 0 saturated carbocycles. The van der Waals surface area contributed by atoms with Gasteiger partial charge in [0.2, 0.25) is 0 Å². The maximum atomic E-state index is 5.45. The van der Waals surface area contributed by atoms with Crippen LogP contribution >= 0.6 is 0 Å². The van der Waals surface area contributed by atoms with Crippen LogP contribution in [-0.4, -0.2) is 69.4 Å². The molecule has 0 spiro atoms. The number of piperazine rings is 1. The van der Waals surface area contributed by atoms with E-state index in [1.165, 1.54) is 0 Å². The van der Waals surface area contributed by atoms with E-state index < -0.39 is 0 Å². The first-order valence-electron chi connectivity index (χ1n) is 9.01. The molecular formula is C19H24N6O. The molecule has 136 valence electrons. The zero-order valence-corrected chi connectivity index (χ0v) is 15.1. The second kappa shape index (κ2) is 7.80. The van der Waals surface area contributed by atoms with Crippen molar-refractivity contribution in [2.24, 2.45) is 0 Å². The molecule has 0 amide bonds. The summed E-state index contributed by atoms with van der Waals surface area (Å²) >= 11 is 0. The van der Waals surface area contributed by atoms with E-state index in [9.17, 15) is 0 Å². The third-order valence-corrected chi connectivity index (χ3v) is 4.92. The van der Waals surface area contributed by atoms with Gasteiger partial charge in [-0.3, -0.25) is 14.5 Å². The molecule has 0 radical (unpaired) electrons. The minimum atomic E-state index is 0.835. The second-order valence-corrected chi connectivity index (χ2v) is 6.61. The summed E-state index contributed by atoms with van der Waals surface area (Å²) in [7, 11) is 1.70. The molecular weight excluding hydrogens is 328 g/mol. The third-order valence-electron chi connectivity index (χ3n) is 4.92. The van der Waals surface area contributed by atoms with Crippen molar-refractivity contribution in [1.82, 2.24) is 29.5 Å². The van der Waals surface area contributed by atoms with Gasteiger partial charge < -0.3 is 4.74 Å². The van der Waals surface area contributed by atoms with E-state index in [2.05, 4.69) is 38.1 Å². The Morgan fingerprint density at radius 1 is 1.00 bits per heavy atom. The lowest BCUT2D eigenvalue weighted by molar-refractivity contribution is 0.122. The lowest BCUT2D eigenvalue weighted by atomic mass is 10.2. The lowest BCUT2D eigenvalue weighted by Gasteiger charge is -2.34. The number of hydrogen-bond donors (Lipinski definition) is 0. The number of nitrogens with zero attached hydrogens (tertiary/aromatic N) is 6. The maximum absolute atomic E-state index is 5.45. The van der Waals surface area contributed by atoms with Gasteiger partial charge in [0.15, 0.2) is 0 Å². The van der Waals surface area contributed by atoms with Crippen molar-refractivity contribution in [3.05, 3.63) is 48.7 Å². The largest absolute Gasteiger partial charge is 0.494 e. The van der Waals surface area contributed by atoms with E-state index in [1.807, 2.05) is 16.8 Å². The number of para-hydroxylation sites is 1. The summed E-state index contributed by atoms with van der Waals surface area (Å²) in [5, 5.41) is 5.28. The molecule has 26 heavy (non-hydrogen) atoms. The summed E-state index contributed by atoms with van der Waals surface area (Å²) in [6, 6.07) is 10.3. The van der Waals surface area contributed by atoms with Crippen molar-refractivity contribution in [1.29, 1.82) is 0 Å². The number of fused-ring (bicyclic) bond motifs is 1. The van der Waals surface area contributed by atoms with Gasteiger partial charge in [-0.2, -0.15) is 5.10 Å². The van der Waals surface area contributed by atoms with Crippen LogP contribution in [0, 0.1) is 0 Å². The van der Waals surface area contributed by atoms with E-state index in [-0.39, 0.29) is 0 Å². The van der Waals surface area contributed by atoms with Crippen molar-refractivity contribution >= 4 is 10.9 Å². The smallest absolute Gasteiger partial charge is 0.145 e. The Balaban J connectivity index is 1.33. The molecule has 0 N–H and O–H groups in total. The van der Waals surface area contributed by atoms with Gasteiger partial charge in [0, 0.05) is 44.7 Å². The van der Waals surface area contributed by atoms with E-state index in [4.69, 9.17) is 9.72 Å². The average molecular weight is 352 g/mol. The molecule has 3 heterocycles. The summed E-state index contributed by atoms with van der Waals surface area (Å²) in [5.74, 6) is 0.835. The standard InChI is InChI=1S/C19H24N6O/c1-26-18-4-2-3-16-5-6-17(22-19(16)18)13-24-9-7-23(8-10-24)11-12-25-15-20-14-21-25/h2-6,14-15H,7-13H2,1H3. The van der Waals surface area contributed by atoms with Crippen LogP contribution in [0.3, 0.4) is 0 Å². The molecule has 7 nitrogen and oxygen atoms in total. The Morgan fingerprint density at radius 2 is 1.85 bits per heavy atom. The molecule has 7 heteroatoms. The molecule has 2 aromatic heterocycles. The van der Waals surface area contributed by atoms with Crippen LogP contribution < -0.4 is 4.74 Å². The molecule has 1 aliphatic heterocycles. The zero-order chi connectivity index (χ0) is 17.8. The van der Waals surface area contributed by atoms with Gasteiger partial charge in [-0.25, -0.2) is 9.97 Å². The minimum absolute atomic E-state index is 0.835. The van der Waals surface area contributed by atoms with Crippen LogP contribution in [0.15, 0.2) is 43.0 Å². The Kier molecular flexibility index (Phi) is 5.08. The quantitative estimate of drug-likeness (QED) is 0.672. The molecule has 3 aromatic rings. The number of hydrogen-bond acceptors (Lipinski definition) is 6. The van der Waals surface area contributed by atoms with Gasteiger partial charge in [-0.05, 0) is 12.1 Å². The van der Waals surface area contributed by atoms with Crippen LogP contribution in [0.1, 0.15) is 5.69 Å². The van der Waals surface area contributed by atoms with Gasteiger partial charge >= 0.3 is 0 Å². The summed E-state index contributed by atoms with van der Waals surface area (Å²) in [6.07, 6.45) is 3.36. The summed E-state index contributed by atoms with van der Waals surface area (Å²) < 4.78 is 7.34. The van der Waals surface area contributed by atoms with E-state index in [1.54, 1.807) is 19.8 Å². The van der Waals surface area contributed by atoms with Crippen LogP contribution in [0.4, 0.5) is 0 Å². The highest BCUT2D eigenvalue weighted by Gasteiger charge is 2.17. The van der Waals surface area contributed by atoms with Gasteiger partial charge in [-0.1, -0.05) is 18.2 Å². The Labute approximate surface area is 153 Å². The number of methoxy groups -OCH3 is 1. The van der Waals surface area contributed by atoms with Crippen LogP contribution in [0.5, 0.6) is 5.75 Å². The SMILES string of the molecule is COc1cccc2ccc(CN3CCN(CCn4cncn4)CC3)nc12. The van der Waals surface area contributed by atoms with Gasteiger partial charge in [0.1, 0.15) is 23.9 Å². The number of ether oxygens (including phenoxy) is 1. The van der Waals surface area contributed by atoms with Gasteiger partial charge in [0.05, 0.1) is 19.3 Å². The van der Waals surface area contributed by atoms with E-state index in [0.29, 0.717) is 0 Å². The lowest BCUT2D eigenvalue weighted by Crippen LogP contribution is -2.46. The minimum Gasteiger partial charge on any atom is -0.494 e. The molecule has 0 aliphatic carbocycles. The highest BCUT2D eigenvalue weighted by atomic mass is 16.5. The molecule has 4 rings (SSSR count). The first-order chi connectivity index (χ1) is 12.8. The molecule has 1 fully saturated rings. The number of rotatable bonds is 6. The fourth-order valence-electron chi connectivity index (χ4n) is 3.41. The van der Waals surface area contributed by atoms with E-state index in [0.717, 1.165) is 68.2 Å². The Hall–Kier alpha value is -2.51. The van der Waals surface area contributed by atoms with Crippen molar-refractivity contribution in [3.63, 3.8) is 0 Å². The molecule has 0 bridgehead atoms. The number of aromatic nitrogens is 4. The summed E-state index contributed by atoms with van der Waals surface area (Å²) in [5.41, 5.74) is 2.04. The van der Waals surface area contributed by atoms with E-state index >= 15 is 0 Å². The Morgan fingerprint density at radius 3 is 2.62 bits per heavy atom. The second-order valence-electron chi connectivity index (χ2n) is 6.61. The van der Waals surface area contributed by atoms with Crippen LogP contribution in [-0.2, 0) is 13.1 Å². The average Bonchev–Trinajstić information content (AvgIpc) is 3.20. The van der Waals surface area contributed by atoms with Gasteiger partial charge in [-0.15, -0.1) is 0 Å². The first kappa shape index (κ1) is 16.9. The fraction of sp³-hybridized carbons (Fsp3) is 0.421. The first-order valence-corrected chi connectivity index (χ1v) is 9.01. The van der Waals surface area contributed by atoms with Gasteiger partial charge in [0.25, 0.3) is 0 Å². The predicted octanol–water partition coefficient (Wildman–Crippen LogP) is 1.65. The number of benzene rings is 1. The third kappa shape index (κ3) is 3.84. The summed E-state index contributed by atoms with van der Waals surface area (Å²) in [6.45, 7) is 7.06. The highest BCUT2D eigenvalue weighted by Crippen LogP contribution is 2.24. The van der Waals surface area contributed by atoms with Crippen molar-refractivity contribution in [3.8, 4) is 5.75 Å². The normalized spacial score (nSPS) is 16.2. The zero-order valence-electron chi connectivity index (χ0n) is 15.1. The van der Waals surface area contributed by atoms with Crippen molar-refractivity contribution in [2.75, 3.05) is 39.8 Å². The van der Waals surface area contributed by atoms with Crippen molar-refractivity contribution < 1.29 is 4.74 Å².